The molecule has 2 aromatic carbocycles. The van der Waals surface area contributed by atoms with E-state index in [1.807, 2.05) is 0 Å². The van der Waals surface area contributed by atoms with Crippen molar-refractivity contribution in [3.05, 3.63) is 94.7 Å². The predicted octanol–water partition coefficient (Wildman–Crippen LogP) is 4.58. The summed E-state index contributed by atoms with van der Waals surface area (Å²) in [7, 11) is -3.40. The first-order valence-electron chi connectivity index (χ1n) is 9.69. The molecule has 1 amide bonds. The zero-order valence-electron chi connectivity index (χ0n) is 16.9. The first-order valence-corrected chi connectivity index (χ1v) is 11.7. The standard InChI is InChI=1S/C22H19ClFN3O4S/c1-2-32(29,30)26-15-10-8-14(9-11-15)18-13-19(21-16(23)5-3-6-17(21)24)27(25-18)22(28)20-7-4-12-31-20/h3-13,19,25-26H,2H2,1H3. The number of nitrogens with zero attached hydrogens (tertiary/aromatic N) is 1. The molecule has 0 saturated carbocycles. The van der Waals surface area contributed by atoms with Gasteiger partial charge in [0.15, 0.2) is 5.76 Å². The second kappa shape index (κ2) is 8.68. The molecule has 1 aromatic heterocycles. The van der Waals surface area contributed by atoms with E-state index in [2.05, 4.69) is 10.1 Å². The van der Waals surface area contributed by atoms with Gasteiger partial charge in [-0.1, -0.05) is 29.8 Å². The van der Waals surface area contributed by atoms with Crippen LogP contribution in [0.25, 0.3) is 5.70 Å². The van der Waals surface area contributed by atoms with E-state index in [0.29, 0.717) is 16.9 Å². The summed E-state index contributed by atoms with van der Waals surface area (Å²) in [5.41, 5.74) is 4.74. The number of anilines is 1. The summed E-state index contributed by atoms with van der Waals surface area (Å²) in [5.74, 6) is -1.02. The van der Waals surface area contributed by atoms with Gasteiger partial charge in [0, 0.05) is 16.3 Å². The SMILES string of the molecule is CCS(=O)(=O)Nc1ccc(C2=CC(c3c(F)cccc3Cl)N(C(=O)c3ccco3)N2)cc1. The molecule has 10 heteroatoms. The van der Waals surface area contributed by atoms with Crippen molar-refractivity contribution < 1.29 is 22.0 Å². The molecule has 1 aliphatic rings. The number of benzene rings is 2. The van der Waals surface area contributed by atoms with Crippen molar-refractivity contribution in [2.45, 2.75) is 13.0 Å². The topological polar surface area (TPSA) is 91.7 Å². The molecule has 1 atom stereocenters. The highest BCUT2D eigenvalue weighted by molar-refractivity contribution is 7.92. The van der Waals surface area contributed by atoms with E-state index in [4.69, 9.17) is 16.0 Å². The molecule has 2 N–H and O–H groups in total. The second-order valence-corrected chi connectivity index (χ2v) is 9.43. The number of halogens is 2. The lowest BCUT2D eigenvalue weighted by Gasteiger charge is -2.25. The van der Waals surface area contributed by atoms with Gasteiger partial charge in [-0.05, 0) is 55.0 Å². The summed E-state index contributed by atoms with van der Waals surface area (Å²) in [6, 6.07) is 13.2. The van der Waals surface area contributed by atoms with Gasteiger partial charge >= 0.3 is 5.91 Å². The number of carbonyl (C=O) groups is 1. The molecule has 0 saturated heterocycles. The van der Waals surface area contributed by atoms with Crippen LogP contribution in [0.15, 0.2) is 71.4 Å². The van der Waals surface area contributed by atoms with Gasteiger partial charge in [-0.3, -0.25) is 14.9 Å². The van der Waals surface area contributed by atoms with Crippen molar-refractivity contribution in [1.82, 2.24) is 10.4 Å². The van der Waals surface area contributed by atoms with Crippen LogP contribution < -0.4 is 10.1 Å². The van der Waals surface area contributed by atoms with Crippen LogP contribution in [0.4, 0.5) is 10.1 Å². The van der Waals surface area contributed by atoms with Crippen molar-refractivity contribution in [3.8, 4) is 0 Å². The van der Waals surface area contributed by atoms with Crippen molar-refractivity contribution in [2.24, 2.45) is 0 Å². The Morgan fingerprint density at radius 3 is 2.56 bits per heavy atom. The Labute approximate surface area is 189 Å². The number of nitrogens with one attached hydrogen (secondary N) is 2. The molecule has 7 nitrogen and oxygen atoms in total. The number of amides is 1. The Morgan fingerprint density at radius 1 is 1.19 bits per heavy atom. The Kier molecular flexibility index (Phi) is 5.94. The molecule has 32 heavy (non-hydrogen) atoms. The quantitative estimate of drug-likeness (QED) is 0.544. The van der Waals surface area contributed by atoms with Crippen molar-refractivity contribution in [3.63, 3.8) is 0 Å². The Morgan fingerprint density at radius 2 is 1.94 bits per heavy atom. The highest BCUT2D eigenvalue weighted by atomic mass is 35.5. The van der Waals surface area contributed by atoms with E-state index < -0.39 is 27.8 Å². The van der Waals surface area contributed by atoms with Crippen molar-refractivity contribution >= 4 is 38.9 Å². The molecule has 0 radical (unpaired) electrons. The number of hydrazine groups is 1. The monoisotopic (exact) mass is 475 g/mol. The van der Waals surface area contributed by atoms with Gasteiger partial charge in [-0.15, -0.1) is 0 Å². The maximum Gasteiger partial charge on any atom is 0.308 e. The summed E-state index contributed by atoms with van der Waals surface area (Å²) in [6.45, 7) is 1.54. The van der Waals surface area contributed by atoms with Crippen LogP contribution in [0.1, 0.15) is 34.6 Å². The lowest BCUT2D eigenvalue weighted by molar-refractivity contribution is 0.0637. The average Bonchev–Trinajstić information content (AvgIpc) is 3.44. The van der Waals surface area contributed by atoms with Crippen LogP contribution in [-0.2, 0) is 10.0 Å². The van der Waals surface area contributed by atoms with Gasteiger partial charge < -0.3 is 4.42 Å². The molecule has 0 aliphatic carbocycles. The maximum absolute atomic E-state index is 14.7. The first-order chi connectivity index (χ1) is 15.3. The second-order valence-electron chi connectivity index (χ2n) is 7.01. The molecule has 166 valence electrons. The molecule has 2 heterocycles. The van der Waals surface area contributed by atoms with Crippen molar-refractivity contribution in [1.29, 1.82) is 0 Å². The summed E-state index contributed by atoms with van der Waals surface area (Å²) in [6.07, 6.45) is 3.05. The van der Waals surface area contributed by atoms with E-state index in [9.17, 15) is 17.6 Å². The van der Waals surface area contributed by atoms with Gasteiger partial charge in [-0.2, -0.15) is 0 Å². The third kappa shape index (κ3) is 4.35. The molecular weight excluding hydrogens is 457 g/mol. The highest BCUT2D eigenvalue weighted by Gasteiger charge is 2.35. The molecule has 0 spiro atoms. The lowest BCUT2D eigenvalue weighted by atomic mass is 10.0. The average molecular weight is 476 g/mol. The number of carbonyl (C=O) groups excluding carboxylic acids is 1. The summed E-state index contributed by atoms with van der Waals surface area (Å²) >= 11 is 6.27. The van der Waals surface area contributed by atoms with E-state index >= 15 is 0 Å². The van der Waals surface area contributed by atoms with Crippen LogP contribution in [0.3, 0.4) is 0 Å². The van der Waals surface area contributed by atoms with Crippen molar-refractivity contribution in [2.75, 3.05) is 10.5 Å². The molecule has 4 rings (SSSR count). The molecule has 3 aromatic rings. The molecule has 0 fully saturated rings. The minimum Gasteiger partial charge on any atom is -0.459 e. The van der Waals surface area contributed by atoms with E-state index in [0.717, 1.165) is 0 Å². The maximum atomic E-state index is 14.7. The van der Waals surface area contributed by atoms with E-state index in [-0.39, 0.29) is 22.1 Å². The summed E-state index contributed by atoms with van der Waals surface area (Å²) in [4.78, 5) is 13.0. The zero-order valence-corrected chi connectivity index (χ0v) is 18.5. The summed E-state index contributed by atoms with van der Waals surface area (Å²) in [5, 5.41) is 1.42. The van der Waals surface area contributed by atoms with Crippen LogP contribution in [0.5, 0.6) is 0 Å². The molecular formula is C22H19ClFN3O4S. The van der Waals surface area contributed by atoms with Crippen LogP contribution in [-0.4, -0.2) is 25.1 Å². The van der Waals surface area contributed by atoms with Crippen LogP contribution in [0.2, 0.25) is 5.02 Å². The summed E-state index contributed by atoms with van der Waals surface area (Å²) < 4.78 is 45.9. The van der Waals surface area contributed by atoms with Gasteiger partial charge in [0.1, 0.15) is 11.9 Å². The smallest absolute Gasteiger partial charge is 0.308 e. The van der Waals surface area contributed by atoms with E-state index in [1.54, 1.807) is 49.4 Å². The fourth-order valence-electron chi connectivity index (χ4n) is 3.30. The van der Waals surface area contributed by atoms with Crippen LogP contribution >= 0.6 is 11.6 Å². The van der Waals surface area contributed by atoms with Gasteiger partial charge in [-0.25, -0.2) is 17.8 Å². The highest BCUT2D eigenvalue weighted by Crippen LogP contribution is 2.37. The molecule has 1 unspecified atom stereocenters. The predicted molar refractivity (Wildman–Crippen MR) is 120 cm³/mol. The minimum atomic E-state index is -3.40. The Balaban J connectivity index is 1.69. The number of rotatable bonds is 6. The molecule has 1 aliphatic heterocycles. The fourth-order valence-corrected chi connectivity index (χ4v) is 4.22. The van der Waals surface area contributed by atoms with Gasteiger partial charge in [0.05, 0.1) is 17.7 Å². The molecule has 0 bridgehead atoms. The number of hydrogen-bond acceptors (Lipinski definition) is 5. The first kappa shape index (κ1) is 21.9. The lowest BCUT2D eigenvalue weighted by Crippen LogP contribution is -2.39. The van der Waals surface area contributed by atoms with Gasteiger partial charge in [0.2, 0.25) is 10.0 Å². The minimum absolute atomic E-state index is 0.0452. The zero-order chi connectivity index (χ0) is 22.9. The third-order valence-corrected chi connectivity index (χ3v) is 6.58. The Hall–Kier alpha value is -3.30. The number of furan rings is 1. The fraction of sp³-hybridized carbons (Fsp3) is 0.136. The van der Waals surface area contributed by atoms with E-state index in [1.165, 1.54) is 29.5 Å². The largest absolute Gasteiger partial charge is 0.459 e. The number of sulfonamides is 1. The Bertz CT molecular complexity index is 1250. The van der Waals surface area contributed by atoms with Crippen LogP contribution in [0, 0.1) is 5.82 Å². The normalized spacial score (nSPS) is 15.9. The third-order valence-electron chi connectivity index (χ3n) is 4.94. The van der Waals surface area contributed by atoms with Gasteiger partial charge in [0.25, 0.3) is 0 Å². The number of hydrogen-bond donors (Lipinski definition) is 2.